The number of aryl methyl sites for hydroxylation is 1. The van der Waals surface area contributed by atoms with E-state index in [1.165, 1.54) is 5.56 Å². The predicted octanol–water partition coefficient (Wildman–Crippen LogP) is 5.18. The highest BCUT2D eigenvalue weighted by atomic mass is 35.5. The van der Waals surface area contributed by atoms with E-state index in [0.29, 0.717) is 10.0 Å². The molecule has 0 aliphatic heterocycles. The second-order valence-electron chi connectivity index (χ2n) is 4.93. The van der Waals surface area contributed by atoms with Gasteiger partial charge in [0.15, 0.2) is 0 Å². The van der Waals surface area contributed by atoms with Crippen LogP contribution in [0, 0.1) is 6.92 Å². The van der Waals surface area contributed by atoms with Gasteiger partial charge in [0.25, 0.3) is 0 Å². The lowest BCUT2D eigenvalue weighted by molar-refractivity contribution is 0.408. The van der Waals surface area contributed by atoms with Gasteiger partial charge in [-0.2, -0.15) is 0 Å². The summed E-state index contributed by atoms with van der Waals surface area (Å²) in [6.07, 6.45) is 3.64. The van der Waals surface area contributed by atoms with Gasteiger partial charge in [-0.3, -0.25) is 0 Å². The SMILES string of the molecule is CCCNC(Cc1ccc(Cl)c(Cl)c1)c1occc1C. The van der Waals surface area contributed by atoms with Crippen LogP contribution < -0.4 is 5.32 Å². The second-order valence-corrected chi connectivity index (χ2v) is 5.74. The zero-order chi connectivity index (χ0) is 14.5. The van der Waals surface area contributed by atoms with E-state index in [1.54, 1.807) is 6.26 Å². The fraction of sp³-hybridized carbons (Fsp3) is 0.375. The normalized spacial score (nSPS) is 12.6. The van der Waals surface area contributed by atoms with Crippen molar-refractivity contribution in [3.63, 3.8) is 0 Å². The maximum atomic E-state index is 6.08. The molecule has 0 amide bonds. The lowest BCUT2D eigenvalue weighted by Crippen LogP contribution is -2.24. The van der Waals surface area contributed by atoms with Crippen LogP contribution in [0.4, 0.5) is 0 Å². The molecule has 1 aromatic heterocycles. The van der Waals surface area contributed by atoms with Crippen molar-refractivity contribution in [2.75, 3.05) is 6.54 Å². The summed E-state index contributed by atoms with van der Waals surface area (Å²) in [5.74, 6) is 0.990. The molecule has 0 aliphatic carbocycles. The fourth-order valence-corrected chi connectivity index (χ4v) is 2.54. The molecule has 1 N–H and O–H groups in total. The Labute approximate surface area is 130 Å². The summed E-state index contributed by atoms with van der Waals surface area (Å²) >= 11 is 12.0. The molecule has 108 valence electrons. The molecule has 1 heterocycles. The van der Waals surface area contributed by atoms with Gasteiger partial charge in [-0.1, -0.05) is 36.2 Å². The predicted molar refractivity (Wildman–Crippen MR) is 84.6 cm³/mol. The van der Waals surface area contributed by atoms with Crippen molar-refractivity contribution in [3.05, 3.63) is 57.5 Å². The third-order valence-corrected chi connectivity index (χ3v) is 4.02. The molecule has 4 heteroatoms. The molecule has 0 aliphatic rings. The summed E-state index contributed by atoms with van der Waals surface area (Å²) in [6, 6.07) is 7.91. The number of rotatable bonds is 6. The maximum Gasteiger partial charge on any atom is 0.123 e. The van der Waals surface area contributed by atoms with Crippen molar-refractivity contribution >= 4 is 23.2 Å². The highest BCUT2D eigenvalue weighted by Gasteiger charge is 2.17. The smallest absolute Gasteiger partial charge is 0.123 e. The van der Waals surface area contributed by atoms with E-state index >= 15 is 0 Å². The summed E-state index contributed by atoms with van der Waals surface area (Å²) in [4.78, 5) is 0. The molecule has 1 unspecified atom stereocenters. The number of furan rings is 1. The highest BCUT2D eigenvalue weighted by molar-refractivity contribution is 6.42. The van der Waals surface area contributed by atoms with E-state index in [2.05, 4.69) is 19.2 Å². The molecule has 1 atom stereocenters. The topological polar surface area (TPSA) is 25.2 Å². The van der Waals surface area contributed by atoms with Crippen molar-refractivity contribution in [1.82, 2.24) is 5.32 Å². The fourth-order valence-electron chi connectivity index (χ4n) is 2.22. The molecule has 2 nitrogen and oxygen atoms in total. The first-order valence-electron chi connectivity index (χ1n) is 6.83. The average molecular weight is 312 g/mol. The van der Waals surface area contributed by atoms with Crippen LogP contribution >= 0.6 is 23.2 Å². The first kappa shape index (κ1) is 15.4. The first-order chi connectivity index (χ1) is 9.61. The third kappa shape index (κ3) is 3.78. The Kier molecular flexibility index (Phi) is 5.53. The van der Waals surface area contributed by atoms with Crippen LogP contribution in [0.3, 0.4) is 0 Å². The Bertz CT molecular complexity index is 565. The van der Waals surface area contributed by atoms with E-state index in [0.717, 1.165) is 30.7 Å². The van der Waals surface area contributed by atoms with Crippen LogP contribution in [0.25, 0.3) is 0 Å². The Morgan fingerprint density at radius 1 is 1.20 bits per heavy atom. The molecule has 2 aromatic rings. The average Bonchev–Trinajstić information content (AvgIpc) is 2.85. The van der Waals surface area contributed by atoms with E-state index < -0.39 is 0 Å². The standard InChI is InChI=1S/C16H19Cl2NO/c1-3-7-19-15(16-11(2)6-8-20-16)10-12-4-5-13(17)14(18)9-12/h4-6,8-9,15,19H,3,7,10H2,1-2H3. The second kappa shape index (κ2) is 7.16. The number of nitrogens with one attached hydrogen (secondary N) is 1. The Morgan fingerprint density at radius 2 is 2.00 bits per heavy atom. The lowest BCUT2D eigenvalue weighted by Gasteiger charge is -2.17. The number of halogens is 2. The van der Waals surface area contributed by atoms with Crippen molar-refractivity contribution in [2.24, 2.45) is 0 Å². The maximum absolute atomic E-state index is 6.08. The number of benzene rings is 1. The van der Waals surface area contributed by atoms with Crippen LogP contribution in [-0.2, 0) is 6.42 Å². The van der Waals surface area contributed by atoms with Gasteiger partial charge < -0.3 is 9.73 Å². The molecular weight excluding hydrogens is 293 g/mol. The zero-order valence-corrected chi connectivity index (χ0v) is 13.3. The summed E-state index contributed by atoms with van der Waals surface area (Å²) in [6.45, 7) is 5.17. The summed E-state index contributed by atoms with van der Waals surface area (Å²) in [5, 5.41) is 4.70. The highest BCUT2D eigenvalue weighted by Crippen LogP contribution is 2.27. The van der Waals surface area contributed by atoms with E-state index in [-0.39, 0.29) is 6.04 Å². The first-order valence-corrected chi connectivity index (χ1v) is 7.58. The number of hydrogen-bond acceptors (Lipinski definition) is 2. The lowest BCUT2D eigenvalue weighted by atomic mass is 10.0. The molecule has 20 heavy (non-hydrogen) atoms. The van der Waals surface area contributed by atoms with Gasteiger partial charge in [-0.15, -0.1) is 0 Å². The van der Waals surface area contributed by atoms with Crippen molar-refractivity contribution in [1.29, 1.82) is 0 Å². The largest absolute Gasteiger partial charge is 0.467 e. The van der Waals surface area contributed by atoms with E-state index in [1.807, 2.05) is 24.3 Å². The van der Waals surface area contributed by atoms with Crippen LogP contribution in [0.5, 0.6) is 0 Å². The van der Waals surface area contributed by atoms with Gasteiger partial charge in [0.05, 0.1) is 22.4 Å². The minimum absolute atomic E-state index is 0.155. The van der Waals surface area contributed by atoms with Crippen LogP contribution in [0.15, 0.2) is 34.9 Å². The summed E-state index contributed by atoms with van der Waals surface area (Å²) in [7, 11) is 0. The van der Waals surface area contributed by atoms with Gasteiger partial charge in [0.2, 0.25) is 0 Å². The molecule has 0 saturated carbocycles. The molecule has 1 aromatic carbocycles. The Balaban J connectivity index is 2.19. The summed E-state index contributed by atoms with van der Waals surface area (Å²) in [5.41, 5.74) is 2.31. The molecule has 0 bridgehead atoms. The zero-order valence-electron chi connectivity index (χ0n) is 11.7. The van der Waals surface area contributed by atoms with Crippen LogP contribution in [0.2, 0.25) is 10.0 Å². The molecular formula is C16H19Cl2NO. The monoisotopic (exact) mass is 311 g/mol. The van der Waals surface area contributed by atoms with Gasteiger partial charge in [0, 0.05) is 0 Å². The minimum atomic E-state index is 0.155. The molecule has 0 saturated heterocycles. The van der Waals surface area contributed by atoms with E-state index in [4.69, 9.17) is 27.6 Å². The summed E-state index contributed by atoms with van der Waals surface area (Å²) < 4.78 is 5.63. The molecule has 0 spiro atoms. The molecule has 2 rings (SSSR count). The van der Waals surface area contributed by atoms with Crippen molar-refractivity contribution in [3.8, 4) is 0 Å². The molecule has 0 fully saturated rings. The van der Waals surface area contributed by atoms with Crippen LogP contribution in [0.1, 0.15) is 36.3 Å². The Hall–Kier alpha value is -0.960. The van der Waals surface area contributed by atoms with E-state index in [9.17, 15) is 0 Å². The third-order valence-electron chi connectivity index (χ3n) is 3.28. The minimum Gasteiger partial charge on any atom is -0.467 e. The van der Waals surface area contributed by atoms with Gasteiger partial charge >= 0.3 is 0 Å². The van der Waals surface area contributed by atoms with Gasteiger partial charge in [-0.25, -0.2) is 0 Å². The number of hydrogen-bond donors (Lipinski definition) is 1. The quantitative estimate of drug-likeness (QED) is 0.795. The van der Waals surface area contributed by atoms with Crippen molar-refractivity contribution < 1.29 is 4.42 Å². The Morgan fingerprint density at radius 3 is 2.60 bits per heavy atom. The van der Waals surface area contributed by atoms with Crippen molar-refractivity contribution in [2.45, 2.75) is 32.7 Å². The van der Waals surface area contributed by atoms with Crippen LogP contribution in [-0.4, -0.2) is 6.54 Å². The molecule has 0 radical (unpaired) electrons. The van der Waals surface area contributed by atoms with Gasteiger partial charge in [-0.05, 0) is 55.6 Å². The van der Waals surface area contributed by atoms with Gasteiger partial charge in [0.1, 0.15) is 5.76 Å².